The second-order valence-electron chi connectivity index (χ2n) is 5.83. The highest BCUT2D eigenvalue weighted by atomic mass is 35.5. The van der Waals surface area contributed by atoms with E-state index in [9.17, 15) is 28.4 Å². The molecule has 1 heterocycles. The van der Waals surface area contributed by atoms with Crippen LogP contribution in [0.3, 0.4) is 0 Å². The average Bonchev–Trinajstić information content (AvgIpc) is 2.60. The van der Waals surface area contributed by atoms with Gasteiger partial charge in [0.25, 0.3) is 0 Å². The molecule has 1 aromatic heterocycles. The number of ether oxygens (including phenoxy) is 1. The summed E-state index contributed by atoms with van der Waals surface area (Å²) in [5.74, 6) is -1.87. The molecular formula is C16H14ClFN4O6. The van der Waals surface area contributed by atoms with Gasteiger partial charge >= 0.3 is 23.0 Å². The van der Waals surface area contributed by atoms with E-state index in [2.05, 4.69) is 4.99 Å². The van der Waals surface area contributed by atoms with Crippen molar-refractivity contribution in [1.82, 2.24) is 13.7 Å². The first-order valence-corrected chi connectivity index (χ1v) is 8.16. The van der Waals surface area contributed by atoms with E-state index in [0.29, 0.717) is 13.7 Å². The van der Waals surface area contributed by atoms with Crippen molar-refractivity contribution in [2.75, 3.05) is 0 Å². The Balaban J connectivity index is 2.80. The van der Waals surface area contributed by atoms with Crippen molar-refractivity contribution >= 4 is 29.3 Å². The number of rotatable bonds is 5. The SMILES string of the molecule is CC(C)OC(=O)Cn1c(=O)n(C)c(=O)n(-c2cc(N=C=O)c(F)cc2Cl)c1=O. The fraction of sp³-hybridized carbons (Fsp3) is 0.312. The standard InChI is InChI=1S/C16H14ClFN4O6/c1-8(2)28-13(24)6-21-14(25)20(3)15(26)22(16(21)27)12-5-11(19-7-23)10(18)4-9(12)17/h4-5,8H,6H2,1-3H3. The summed E-state index contributed by atoms with van der Waals surface area (Å²) in [6.07, 6.45) is 0.641. The molecule has 0 spiro atoms. The molecule has 0 bridgehead atoms. The monoisotopic (exact) mass is 412 g/mol. The quantitative estimate of drug-likeness (QED) is 0.398. The lowest BCUT2D eigenvalue weighted by molar-refractivity contribution is -0.148. The minimum absolute atomic E-state index is 0.339. The van der Waals surface area contributed by atoms with Crippen LogP contribution in [0.5, 0.6) is 0 Å². The Morgan fingerprint density at radius 1 is 1.25 bits per heavy atom. The molecule has 0 N–H and O–H groups in total. The van der Waals surface area contributed by atoms with E-state index in [0.717, 1.165) is 25.3 Å². The van der Waals surface area contributed by atoms with Gasteiger partial charge in [0.15, 0.2) is 5.82 Å². The molecule has 0 aliphatic heterocycles. The second kappa shape index (κ2) is 8.15. The number of aliphatic imine (C=N–C) groups is 1. The van der Waals surface area contributed by atoms with Crippen molar-refractivity contribution in [2.45, 2.75) is 26.5 Å². The van der Waals surface area contributed by atoms with E-state index in [1.807, 2.05) is 0 Å². The van der Waals surface area contributed by atoms with Gasteiger partial charge in [0.05, 0.1) is 16.8 Å². The molecular weight excluding hydrogens is 399 g/mol. The first kappa shape index (κ1) is 21.0. The van der Waals surface area contributed by atoms with Gasteiger partial charge < -0.3 is 4.74 Å². The highest BCUT2D eigenvalue weighted by Crippen LogP contribution is 2.27. The maximum absolute atomic E-state index is 13.8. The van der Waals surface area contributed by atoms with Crippen LogP contribution in [-0.4, -0.2) is 31.9 Å². The predicted molar refractivity (Wildman–Crippen MR) is 95.5 cm³/mol. The molecule has 0 radical (unpaired) electrons. The van der Waals surface area contributed by atoms with Crippen LogP contribution in [0.15, 0.2) is 31.5 Å². The summed E-state index contributed by atoms with van der Waals surface area (Å²) in [4.78, 5) is 62.9. The van der Waals surface area contributed by atoms with Gasteiger partial charge in [-0.25, -0.2) is 37.3 Å². The highest BCUT2D eigenvalue weighted by molar-refractivity contribution is 6.32. The predicted octanol–water partition coefficient (Wildman–Crippen LogP) is 0.409. The lowest BCUT2D eigenvalue weighted by Gasteiger charge is -2.14. The summed E-state index contributed by atoms with van der Waals surface area (Å²) < 4.78 is 20.2. The van der Waals surface area contributed by atoms with Crippen molar-refractivity contribution in [2.24, 2.45) is 12.0 Å². The molecule has 0 saturated carbocycles. The lowest BCUT2D eigenvalue weighted by atomic mass is 10.2. The number of aromatic nitrogens is 3. The van der Waals surface area contributed by atoms with E-state index in [1.54, 1.807) is 13.8 Å². The van der Waals surface area contributed by atoms with E-state index < -0.39 is 47.2 Å². The van der Waals surface area contributed by atoms with E-state index in [4.69, 9.17) is 16.3 Å². The molecule has 12 heteroatoms. The fourth-order valence-corrected chi connectivity index (χ4v) is 2.54. The number of carbonyl (C=O) groups excluding carboxylic acids is 2. The third-order valence-electron chi connectivity index (χ3n) is 3.50. The van der Waals surface area contributed by atoms with Crippen LogP contribution in [0.1, 0.15) is 13.8 Å². The van der Waals surface area contributed by atoms with Crippen molar-refractivity contribution < 1.29 is 18.7 Å². The van der Waals surface area contributed by atoms with E-state index >= 15 is 0 Å². The summed E-state index contributed by atoms with van der Waals surface area (Å²) in [5.41, 5.74) is -4.23. The highest BCUT2D eigenvalue weighted by Gasteiger charge is 2.20. The zero-order valence-corrected chi connectivity index (χ0v) is 15.7. The van der Waals surface area contributed by atoms with Crippen molar-refractivity contribution in [3.63, 3.8) is 0 Å². The molecule has 148 valence electrons. The molecule has 2 aromatic rings. The molecule has 2 rings (SSSR count). The summed E-state index contributed by atoms with van der Waals surface area (Å²) in [6, 6.07) is 1.61. The van der Waals surface area contributed by atoms with Crippen molar-refractivity contribution in [3.8, 4) is 5.69 Å². The molecule has 1 aromatic carbocycles. The number of benzene rings is 1. The van der Waals surface area contributed by atoms with E-state index in [-0.39, 0.29) is 10.7 Å². The molecule has 0 aliphatic rings. The Kier molecular flexibility index (Phi) is 6.12. The maximum Gasteiger partial charge on any atom is 0.341 e. The smallest absolute Gasteiger partial charge is 0.341 e. The number of carbonyl (C=O) groups is 1. The molecule has 0 unspecified atom stereocenters. The van der Waals surface area contributed by atoms with Crippen LogP contribution >= 0.6 is 11.6 Å². The first-order valence-electron chi connectivity index (χ1n) is 7.78. The Bertz CT molecular complexity index is 1170. The zero-order valence-electron chi connectivity index (χ0n) is 14.9. The topological polar surface area (TPSA) is 122 Å². The number of hydrogen-bond donors (Lipinski definition) is 0. The van der Waals surface area contributed by atoms with Crippen LogP contribution in [0.25, 0.3) is 5.69 Å². The van der Waals surface area contributed by atoms with Crippen molar-refractivity contribution in [3.05, 3.63) is 54.4 Å². The van der Waals surface area contributed by atoms with Crippen LogP contribution in [0.2, 0.25) is 5.02 Å². The zero-order chi connectivity index (χ0) is 21.2. The third kappa shape index (κ3) is 4.00. The Morgan fingerprint density at radius 3 is 2.46 bits per heavy atom. The van der Waals surface area contributed by atoms with Gasteiger partial charge in [-0.1, -0.05) is 11.6 Å². The minimum Gasteiger partial charge on any atom is -0.462 e. The number of hydrogen-bond acceptors (Lipinski definition) is 7. The molecule has 0 atom stereocenters. The summed E-state index contributed by atoms with van der Waals surface area (Å²) in [5, 5.41) is -0.364. The molecule has 0 fully saturated rings. The maximum atomic E-state index is 13.8. The first-order chi connectivity index (χ1) is 13.1. The van der Waals surface area contributed by atoms with Crippen LogP contribution in [0.4, 0.5) is 10.1 Å². The fourth-order valence-electron chi connectivity index (χ4n) is 2.30. The van der Waals surface area contributed by atoms with E-state index in [1.165, 1.54) is 0 Å². The Labute approximate surface area is 161 Å². The number of halogens is 2. The normalized spacial score (nSPS) is 10.6. The van der Waals surface area contributed by atoms with Gasteiger partial charge in [-0.05, 0) is 26.0 Å². The van der Waals surface area contributed by atoms with Gasteiger partial charge in [-0.2, -0.15) is 4.99 Å². The molecule has 0 saturated heterocycles. The molecule has 0 amide bonds. The second-order valence-corrected chi connectivity index (χ2v) is 6.23. The number of esters is 1. The van der Waals surface area contributed by atoms with Gasteiger partial charge in [0.2, 0.25) is 6.08 Å². The Morgan fingerprint density at radius 2 is 1.89 bits per heavy atom. The number of nitrogens with zero attached hydrogens (tertiary/aromatic N) is 4. The van der Waals surface area contributed by atoms with Crippen molar-refractivity contribution in [1.29, 1.82) is 0 Å². The summed E-state index contributed by atoms with van der Waals surface area (Å²) >= 11 is 5.93. The summed E-state index contributed by atoms with van der Waals surface area (Å²) in [6.45, 7) is 2.39. The van der Waals surface area contributed by atoms with Gasteiger partial charge in [-0.15, -0.1) is 0 Å². The third-order valence-corrected chi connectivity index (χ3v) is 3.80. The molecule has 10 nitrogen and oxygen atoms in total. The van der Waals surface area contributed by atoms with Crippen LogP contribution < -0.4 is 17.1 Å². The molecule has 28 heavy (non-hydrogen) atoms. The van der Waals surface area contributed by atoms with Gasteiger partial charge in [-0.3, -0.25) is 4.79 Å². The summed E-state index contributed by atoms with van der Waals surface area (Å²) in [7, 11) is 1.08. The lowest BCUT2D eigenvalue weighted by Crippen LogP contribution is -2.54. The van der Waals surface area contributed by atoms with Crippen LogP contribution in [0, 0.1) is 5.82 Å². The number of isocyanates is 1. The Hall–Kier alpha value is -3.30. The van der Waals surface area contributed by atoms with Crippen LogP contribution in [-0.2, 0) is 27.9 Å². The largest absolute Gasteiger partial charge is 0.462 e. The average molecular weight is 413 g/mol. The van der Waals surface area contributed by atoms with Gasteiger partial charge in [0.1, 0.15) is 12.2 Å². The minimum atomic E-state index is -1.21. The van der Waals surface area contributed by atoms with Gasteiger partial charge in [0, 0.05) is 7.05 Å². The molecule has 0 aliphatic carbocycles.